The van der Waals surface area contributed by atoms with Crippen LogP contribution in [0.1, 0.15) is 117 Å². The van der Waals surface area contributed by atoms with E-state index < -0.39 is 6.09 Å². The molecule has 0 rings (SSSR count). The van der Waals surface area contributed by atoms with Crippen LogP contribution in [0.25, 0.3) is 0 Å². The van der Waals surface area contributed by atoms with Crippen molar-refractivity contribution >= 4 is 6.09 Å². The lowest BCUT2D eigenvalue weighted by Crippen LogP contribution is -2.79. The smallest absolute Gasteiger partial charge is 0.134 e. The van der Waals surface area contributed by atoms with Crippen LogP contribution < -0.4 is 15.7 Å². The molecular weight excluding hydrogens is 324 g/mol. The SMILES string of the molecule is CCCCCCCCCCNC(=O)[O-].CCCCCCCCCC[NH2+]C. The summed E-state index contributed by atoms with van der Waals surface area (Å²) in [7, 11) is 2.15. The predicted molar refractivity (Wildman–Crippen MR) is 111 cm³/mol. The maximum atomic E-state index is 9.98. The van der Waals surface area contributed by atoms with Crippen molar-refractivity contribution in [3.05, 3.63) is 0 Å². The van der Waals surface area contributed by atoms with E-state index in [9.17, 15) is 9.90 Å². The molecule has 3 N–H and O–H groups in total. The highest BCUT2D eigenvalue weighted by Crippen LogP contribution is 2.08. The number of carbonyl (C=O) groups excluding carboxylic acids is 1. The third-order valence-electron chi connectivity index (χ3n) is 4.65. The summed E-state index contributed by atoms with van der Waals surface area (Å²) in [4.78, 5) is 9.98. The van der Waals surface area contributed by atoms with Crippen LogP contribution in [0.3, 0.4) is 0 Å². The van der Waals surface area contributed by atoms with Gasteiger partial charge in [-0.1, -0.05) is 97.3 Å². The highest BCUT2D eigenvalue weighted by Gasteiger charge is 1.92. The van der Waals surface area contributed by atoms with Crippen LogP contribution >= 0.6 is 0 Å². The van der Waals surface area contributed by atoms with E-state index in [4.69, 9.17) is 0 Å². The molecule has 0 saturated carbocycles. The molecule has 0 fully saturated rings. The summed E-state index contributed by atoms with van der Waals surface area (Å²) < 4.78 is 0. The molecule has 4 nitrogen and oxygen atoms in total. The average Bonchev–Trinajstić information content (AvgIpc) is 2.63. The van der Waals surface area contributed by atoms with Crippen molar-refractivity contribution in [3.63, 3.8) is 0 Å². The summed E-state index contributed by atoms with van der Waals surface area (Å²) in [5, 5.41) is 14.5. The van der Waals surface area contributed by atoms with Crippen LogP contribution in [0.5, 0.6) is 0 Å². The zero-order valence-corrected chi connectivity index (χ0v) is 18.1. The number of rotatable bonds is 18. The van der Waals surface area contributed by atoms with Crippen molar-refractivity contribution in [3.8, 4) is 0 Å². The maximum absolute atomic E-state index is 9.98. The number of quaternary nitrogens is 1. The molecule has 0 saturated heterocycles. The van der Waals surface area contributed by atoms with E-state index in [-0.39, 0.29) is 0 Å². The second-order valence-corrected chi connectivity index (χ2v) is 7.36. The molecule has 0 bridgehead atoms. The third-order valence-corrected chi connectivity index (χ3v) is 4.65. The molecule has 0 radical (unpaired) electrons. The van der Waals surface area contributed by atoms with Gasteiger partial charge >= 0.3 is 0 Å². The van der Waals surface area contributed by atoms with Crippen LogP contribution in [-0.4, -0.2) is 26.2 Å². The minimum Gasteiger partial charge on any atom is -0.530 e. The van der Waals surface area contributed by atoms with E-state index in [0.717, 1.165) is 12.8 Å². The van der Waals surface area contributed by atoms with Gasteiger partial charge in [0.1, 0.15) is 6.09 Å². The summed E-state index contributed by atoms with van der Waals surface area (Å²) in [6, 6.07) is 0. The van der Waals surface area contributed by atoms with Crippen LogP contribution in [0.2, 0.25) is 0 Å². The van der Waals surface area contributed by atoms with Crippen LogP contribution in [0, 0.1) is 0 Å². The summed E-state index contributed by atoms with van der Waals surface area (Å²) in [6.45, 7) is 6.34. The number of carbonyl (C=O) groups is 1. The Labute approximate surface area is 163 Å². The second-order valence-electron chi connectivity index (χ2n) is 7.36. The summed E-state index contributed by atoms with van der Waals surface area (Å²) in [5.74, 6) is 0. The van der Waals surface area contributed by atoms with Gasteiger partial charge in [-0.05, 0) is 19.3 Å². The van der Waals surface area contributed by atoms with Gasteiger partial charge in [0.05, 0.1) is 13.6 Å². The average molecular weight is 373 g/mol. The third kappa shape index (κ3) is 31.0. The standard InChI is InChI=1S/C11H23NO2.C11H25N/c1-2-3-4-5-6-7-8-9-10-12-11(13)14;1-3-4-5-6-7-8-9-10-11-12-2/h12H,2-10H2,1H3,(H,13,14);12H,3-11H2,1-2H3. The zero-order valence-electron chi connectivity index (χ0n) is 18.1. The highest BCUT2D eigenvalue weighted by molar-refractivity contribution is 5.61. The quantitative estimate of drug-likeness (QED) is 0.351. The van der Waals surface area contributed by atoms with Crippen LogP contribution in [0.4, 0.5) is 4.79 Å². The van der Waals surface area contributed by atoms with E-state index >= 15 is 0 Å². The summed E-state index contributed by atoms with van der Waals surface area (Å²) in [5.41, 5.74) is 0. The fourth-order valence-corrected chi connectivity index (χ4v) is 2.93. The Morgan fingerprint density at radius 2 is 1.08 bits per heavy atom. The molecule has 0 aromatic rings. The van der Waals surface area contributed by atoms with Gasteiger partial charge in [0.15, 0.2) is 0 Å². The summed E-state index contributed by atoms with van der Waals surface area (Å²) in [6.07, 6.45) is 20.2. The Morgan fingerprint density at radius 1 is 0.692 bits per heavy atom. The predicted octanol–water partition coefficient (Wildman–Crippen LogP) is 4.38. The topological polar surface area (TPSA) is 68.8 Å². The number of hydrogen-bond donors (Lipinski definition) is 2. The minimum absolute atomic E-state index is 0.539. The molecule has 26 heavy (non-hydrogen) atoms. The number of nitrogens with one attached hydrogen (secondary N) is 1. The van der Waals surface area contributed by atoms with Gasteiger partial charge in [-0.15, -0.1) is 0 Å². The molecule has 1 amide bonds. The van der Waals surface area contributed by atoms with E-state index in [1.807, 2.05) is 0 Å². The van der Waals surface area contributed by atoms with Gasteiger partial charge in [0.25, 0.3) is 0 Å². The first kappa shape index (κ1) is 27.4. The molecular formula is C22H48N2O2. The van der Waals surface area contributed by atoms with E-state index in [0.29, 0.717) is 6.54 Å². The zero-order chi connectivity index (χ0) is 19.7. The fourth-order valence-electron chi connectivity index (χ4n) is 2.93. The van der Waals surface area contributed by atoms with Crippen molar-refractivity contribution < 1.29 is 15.2 Å². The van der Waals surface area contributed by atoms with E-state index in [1.165, 1.54) is 96.4 Å². The molecule has 0 unspecified atom stereocenters. The molecule has 0 aromatic heterocycles. The first-order valence-corrected chi connectivity index (χ1v) is 11.4. The highest BCUT2D eigenvalue weighted by atomic mass is 16.4. The van der Waals surface area contributed by atoms with Gasteiger partial charge in [-0.2, -0.15) is 0 Å². The van der Waals surface area contributed by atoms with E-state index in [2.05, 4.69) is 31.5 Å². The Bertz CT molecular complexity index is 251. The molecule has 158 valence electrons. The van der Waals surface area contributed by atoms with Gasteiger partial charge in [-0.3, -0.25) is 0 Å². The maximum Gasteiger partial charge on any atom is 0.134 e. The number of carboxylic acid groups (broad SMARTS) is 1. The van der Waals surface area contributed by atoms with Crippen molar-refractivity contribution in [2.75, 3.05) is 20.1 Å². The molecule has 0 aromatic carbocycles. The molecule has 4 heteroatoms. The molecule has 0 heterocycles. The van der Waals surface area contributed by atoms with Crippen molar-refractivity contribution in [1.29, 1.82) is 0 Å². The molecule has 0 aliphatic rings. The van der Waals surface area contributed by atoms with Crippen LogP contribution in [-0.2, 0) is 0 Å². The number of unbranched alkanes of at least 4 members (excludes halogenated alkanes) is 14. The van der Waals surface area contributed by atoms with Crippen molar-refractivity contribution in [2.45, 2.75) is 117 Å². The van der Waals surface area contributed by atoms with Crippen molar-refractivity contribution in [2.24, 2.45) is 0 Å². The Hall–Kier alpha value is -0.770. The number of amides is 1. The number of hydrogen-bond acceptors (Lipinski definition) is 2. The summed E-state index contributed by atoms with van der Waals surface area (Å²) >= 11 is 0. The van der Waals surface area contributed by atoms with E-state index in [1.54, 1.807) is 0 Å². The first-order valence-electron chi connectivity index (χ1n) is 11.4. The van der Waals surface area contributed by atoms with Gasteiger partial charge in [0, 0.05) is 6.54 Å². The number of nitrogens with two attached hydrogens (primary N) is 1. The Balaban J connectivity index is 0. The monoisotopic (exact) mass is 372 g/mol. The lowest BCUT2D eigenvalue weighted by atomic mass is 10.1. The Morgan fingerprint density at radius 3 is 1.46 bits per heavy atom. The largest absolute Gasteiger partial charge is 0.530 e. The second kappa shape index (κ2) is 26.5. The molecule has 0 atom stereocenters. The minimum atomic E-state index is -1.16. The normalized spacial score (nSPS) is 10.3. The van der Waals surface area contributed by atoms with Crippen LogP contribution in [0.15, 0.2) is 0 Å². The van der Waals surface area contributed by atoms with Crippen molar-refractivity contribution in [1.82, 2.24) is 5.32 Å². The van der Waals surface area contributed by atoms with Gasteiger partial charge < -0.3 is 20.5 Å². The molecule has 0 spiro atoms. The molecule has 0 aliphatic heterocycles. The molecule has 0 aliphatic carbocycles. The van der Waals surface area contributed by atoms with Gasteiger partial charge in [-0.25, -0.2) is 0 Å². The fraction of sp³-hybridized carbons (Fsp3) is 0.955. The lowest BCUT2D eigenvalue weighted by Gasteiger charge is -2.05. The Kier molecular flexibility index (Phi) is 27.9. The van der Waals surface area contributed by atoms with Gasteiger partial charge in [0.2, 0.25) is 0 Å². The lowest BCUT2D eigenvalue weighted by molar-refractivity contribution is -0.627. The first-order chi connectivity index (χ1) is 12.7.